The molecule has 5 heterocycles. The van der Waals surface area contributed by atoms with E-state index in [4.69, 9.17) is 0 Å². The Labute approximate surface area is 189 Å². The second-order valence-electron chi connectivity index (χ2n) is 7.33. The summed E-state index contributed by atoms with van der Waals surface area (Å²) in [5, 5.41) is 8.29. The van der Waals surface area contributed by atoms with E-state index >= 15 is 0 Å². The van der Waals surface area contributed by atoms with Crippen LogP contribution in [0.2, 0.25) is 0 Å². The van der Waals surface area contributed by atoms with Crippen LogP contribution in [0.15, 0.2) is 91.8 Å². The zero-order valence-electron chi connectivity index (χ0n) is 17.7. The van der Waals surface area contributed by atoms with Crippen LogP contribution >= 0.6 is 0 Å². The van der Waals surface area contributed by atoms with E-state index in [1.807, 2.05) is 19.3 Å². The van der Waals surface area contributed by atoms with Gasteiger partial charge in [0, 0.05) is 36.8 Å². The van der Waals surface area contributed by atoms with E-state index in [0.29, 0.717) is 16.7 Å². The molecule has 0 saturated heterocycles. The Kier molecular flexibility index (Phi) is 4.79. The predicted molar refractivity (Wildman–Crippen MR) is 126 cm³/mol. The van der Waals surface area contributed by atoms with Gasteiger partial charge in [0.05, 0.1) is 18.6 Å². The minimum absolute atomic E-state index is 0.0156. The average Bonchev–Trinajstić information content (AvgIpc) is 3.54. The zero-order valence-corrected chi connectivity index (χ0v) is 18.5. The molecular weight excluding hydrogens is 438 g/mol. The normalized spacial score (nSPS) is 12.5. The molecule has 0 spiro atoms. The van der Waals surface area contributed by atoms with Crippen molar-refractivity contribution < 1.29 is 8.42 Å². The van der Waals surface area contributed by atoms with Crippen molar-refractivity contribution in [3.63, 3.8) is 0 Å². The third-order valence-corrected chi connectivity index (χ3v) is 6.82. The smallest absolute Gasteiger partial charge is 0.288 e. The van der Waals surface area contributed by atoms with Crippen LogP contribution in [0.4, 0.5) is 0 Å². The Balaban J connectivity index is 1.68. The molecule has 0 aliphatic carbocycles. The summed E-state index contributed by atoms with van der Waals surface area (Å²) in [6.07, 6.45) is 14.8. The summed E-state index contributed by atoms with van der Waals surface area (Å²) in [7, 11) is -2.27. The number of imidazole rings is 1. The largest absolute Gasteiger partial charge is 0.301 e. The van der Waals surface area contributed by atoms with Gasteiger partial charge < -0.3 is 0 Å². The Morgan fingerprint density at radius 2 is 1.85 bits per heavy atom. The predicted octanol–water partition coefficient (Wildman–Crippen LogP) is 3.47. The number of pyridine rings is 2. The number of hydrogen-bond donors (Lipinski definition) is 0. The van der Waals surface area contributed by atoms with Crippen LogP contribution in [-0.2, 0) is 17.1 Å². The molecule has 164 valence electrons. The number of fused-ring (bicyclic) bond motifs is 2. The minimum Gasteiger partial charge on any atom is -0.288 e. The standard InChI is InChI=1S/C23H19N7O2S/c1-4-6-16(5-2)17-7-8-22-25-13-23(29(22)15-17)33(31,32)30-21-9-18(10-24-20(21)12-27-30)19-11-26-28(3)14-19/h4-15H,1-2H2,3H3. The Bertz CT molecular complexity index is 1690. The van der Waals surface area contributed by atoms with Crippen molar-refractivity contribution in [2.45, 2.75) is 5.03 Å². The van der Waals surface area contributed by atoms with Crippen molar-refractivity contribution in [1.29, 1.82) is 0 Å². The first-order chi connectivity index (χ1) is 15.9. The third-order valence-electron chi connectivity index (χ3n) is 5.24. The fourth-order valence-electron chi connectivity index (χ4n) is 3.62. The Hall–Kier alpha value is -4.31. The number of hydrogen-bond acceptors (Lipinski definition) is 6. The van der Waals surface area contributed by atoms with Gasteiger partial charge in [0.2, 0.25) is 0 Å². The van der Waals surface area contributed by atoms with Crippen molar-refractivity contribution in [3.05, 3.63) is 92.3 Å². The number of aromatic nitrogens is 7. The first kappa shape index (κ1) is 20.6. The Morgan fingerprint density at radius 3 is 2.58 bits per heavy atom. The first-order valence-corrected chi connectivity index (χ1v) is 11.4. The molecule has 10 heteroatoms. The van der Waals surface area contributed by atoms with Crippen molar-refractivity contribution in [1.82, 2.24) is 33.3 Å². The molecule has 0 aliphatic heterocycles. The molecule has 5 aromatic rings. The minimum atomic E-state index is -4.08. The van der Waals surface area contributed by atoms with E-state index in [1.54, 1.807) is 53.6 Å². The molecule has 0 radical (unpaired) electrons. The zero-order chi connectivity index (χ0) is 23.2. The van der Waals surface area contributed by atoms with Gasteiger partial charge in [-0.15, -0.1) is 0 Å². The van der Waals surface area contributed by atoms with E-state index in [2.05, 4.69) is 33.3 Å². The summed E-state index contributed by atoms with van der Waals surface area (Å²) in [6.45, 7) is 7.53. The van der Waals surface area contributed by atoms with Gasteiger partial charge in [0.15, 0.2) is 5.03 Å². The van der Waals surface area contributed by atoms with E-state index in [1.165, 1.54) is 16.8 Å². The molecule has 0 saturated carbocycles. The van der Waals surface area contributed by atoms with Crippen LogP contribution in [0, 0.1) is 0 Å². The van der Waals surface area contributed by atoms with Gasteiger partial charge in [-0.05, 0) is 29.3 Å². The van der Waals surface area contributed by atoms with Gasteiger partial charge in [0.1, 0.15) is 16.7 Å². The lowest BCUT2D eigenvalue weighted by atomic mass is 10.1. The number of nitrogens with zero attached hydrogens (tertiary/aromatic N) is 7. The maximum Gasteiger partial charge on any atom is 0.301 e. The summed E-state index contributed by atoms with van der Waals surface area (Å²) in [4.78, 5) is 8.64. The van der Waals surface area contributed by atoms with E-state index in [-0.39, 0.29) is 5.03 Å². The highest BCUT2D eigenvalue weighted by Crippen LogP contribution is 2.26. The van der Waals surface area contributed by atoms with Gasteiger partial charge in [0.25, 0.3) is 0 Å². The molecule has 0 aromatic carbocycles. The molecule has 5 rings (SSSR count). The third kappa shape index (κ3) is 3.37. The molecular formula is C23H19N7O2S. The van der Waals surface area contributed by atoms with Gasteiger partial charge in [-0.3, -0.25) is 14.1 Å². The summed E-state index contributed by atoms with van der Waals surface area (Å²) >= 11 is 0. The molecule has 0 atom stereocenters. The second-order valence-corrected chi connectivity index (χ2v) is 9.04. The summed E-state index contributed by atoms with van der Waals surface area (Å²) in [5.41, 5.74) is 4.45. The monoisotopic (exact) mass is 457 g/mol. The second kappa shape index (κ2) is 7.68. The lowest BCUT2D eigenvalue weighted by molar-refractivity contribution is 0.577. The molecule has 0 unspecified atom stereocenters. The molecule has 0 aliphatic rings. The van der Waals surface area contributed by atoms with Gasteiger partial charge in [-0.25, -0.2) is 4.98 Å². The number of aryl methyl sites for hydroxylation is 1. The highest BCUT2D eigenvalue weighted by Gasteiger charge is 2.25. The molecule has 0 N–H and O–H groups in total. The van der Waals surface area contributed by atoms with Gasteiger partial charge >= 0.3 is 10.0 Å². The molecule has 33 heavy (non-hydrogen) atoms. The van der Waals surface area contributed by atoms with Crippen LogP contribution in [0.5, 0.6) is 0 Å². The fourth-order valence-corrected chi connectivity index (χ4v) is 4.96. The van der Waals surface area contributed by atoms with Crippen LogP contribution in [-0.4, -0.2) is 41.8 Å². The summed E-state index contributed by atoms with van der Waals surface area (Å²) < 4.78 is 31.5. The van der Waals surface area contributed by atoms with Gasteiger partial charge in [-0.2, -0.15) is 22.7 Å². The highest BCUT2D eigenvalue weighted by atomic mass is 32.2. The fraction of sp³-hybridized carbons (Fsp3) is 0.0435. The molecule has 0 amide bonds. The van der Waals surface area contributed by atoms with E-state index in [9.17, 15) is 8.42 Å². The van der Waals surface area contributed by atoms with Crippen LogP contribution < -0.4 is 0 Å². The molecule has 9 nitrogen and oxygen atoms in total. The molecule has 5 aromatic heterocycles. The lowest BCUT2D eigenvalue weighted by Crippen LogP contribution is -2.16. The topological polar surface area (TPSA) is 100.0 Å². The summed E-state index contributed by atoms with van der Waals surface area (Å²) in [5.74, 6) is 0. The molecule has 0 fully saturated rings. The first-order valence-electron chi connectivity index (χ1n) is 9.93. The Morgan fingerprint density at radius 1 is 1.00 bits per heavy atom. The van der Waals surface area contributed by atoms with Crippen LogP contribution in [0.3, 0.4) is 0 Å². The van der Waals surface area contributed by atoms with Crippen molar-refractivity contribution in [2.24, 2.45) is 7.05 Å². The SMILES string of the molecule is C=CC=C(C=C)c1ccc2ncc(S(=O)(=O)n3ncc4ncc(-c5cnn(C)c5)cc43)n2c1. The maximum absolute atomic E-state index is 13.7. The van der Waals surface area contributed by atoms with Crippen molar-refractivity contribution in [3.8, 4) is 11.1 Å². The molecule has 0 bridgehead atoms. The van der Waals surface area contributed by atoms with Crippen LogP contribution in [0.1, 0.15) is 5.56 Å². The maximum atomic E-state index is 13.7. The van der Waals surface area contributed by atoms with Crippen molar-refractivity contribution in [2.75, 3.05) is 0 Å². The van der Waals surface area contributed by atoms with Crippen LogP contribution in [0.25, 0.3) is 33.4 Å². The van der Waals surface area contributed by atoms with Crippen molar-refractivity contribution >= 4 is 32.3 Å². The van der Waals surface area contributed by atoms with E-state index < -0.39 is 10.0 Å². The number of rotatable bonds is 6. The average molecular weight is 458 g/mol. The quantitative estimate of drug-likeness (QED) is 0.362. The highest BCUT2D eigenvalue weighted by molar-refractivity contribution is 7.90. The van der Waals surface area contributed by atoms with Gasteiger partial charge in [-0.1, -0.05) is 31.4 Å². The number of allylic oxidation sites excluding steroid dienone is 4. The summed E-state index contributed by atoms with van der Waals surface area (Å²) in [6, 6.07) is 5.34. The van der Waals surface area contributed by atoms with E-state index in [0.717, 1.165) is 26.4 Å². The lowest BCUT2D eigenvalue weighted by Gasteiger charge is -2.08.